The number of methoxy groups -OCH3 is 1. The number of aromatic nitrogens is 3. The van der Waals surface area contributed by atoms with Gasteiger partial charge in [-0.15, -0.1) is 0 Å². The Morgan fingerprint density at radius 1 is 1.00 bits per heavy atom. The normalized spacial score (nSPS) is 10.7. The topological polar surface area (TPSA) is 108 Å². The monoisotopic (exact) mass is 454 g/mol. The molecule has 0 aliphatic rings. The van der Waals surface area contributed by atoms with Crippen LogP contribution in [0.3, 0.4) is 0 Å². The van der Waals surface area contributed by atoms with Crippen LogP contribution in [0.15, 0.2) is 94.7 Å². The summed E-state index contributed by atoms with van der Waals surface area (Å²) < 4.78 is 18.2. The Hall–Kier alpha value is -4.92. The van der Waals surface area contributed by atoms with Gasteiger partial charge in [-0.3, -0.25) is 4.79 Å². The van der Waals surface area contributed by atoms with Crippen molar-refractivity contribution in [3.05, 3.63) is 101 Å². The maximum atomic E-state index is 12.7. The largest absolute Gasteiger partial charge is 0.493 e. The van der Waals surface area contributed by atoms with Crippen LogP contribution in [-0.2, 0) is 0 Å². The van der Waals surface area contributed by atoms with Crippen molar-refractivity contribution < 1.29 is 18.7 Å². The van der Waals surface area contributed by atoms with Crippen LogP contribution in [0.4, 0.5) is 5.69 Å². The first-order valence-corrected chi connectivity index (χ1v) is 10.3. The molecule has 168 valence electrons. The summed E-state index contributed by atoms with van der Waals surface area (Å²) >= 11 is 0. The van der Waals surface area contributed by atoms with Crippen LogP contribution in [-0.4, -0.2) is 27.6 Å². The van der Waals surface area contributed by atoms with E-state index in [1.807, 2.05) is 29.1 Å². The van der Waals surface area contributed by atoms with Crippen LogP contribution in [0, 0.1) is 0 Å². The summed E-state index contributed by atoms with van der Waals surface area (Å²) in [7, 11) is 1.48. The molecule has 34 heavy (non-hydrogen) atoms. The first-order valence-electron chi connectivity index (χ1n) is 10.3. The van der Waals surface area contributed by atoms with Crippen LogP contribution < -0.4 is 20.4 Å². The van der Waals surface area contributed by atoms with Gasteiger partial charge in [0.15, 0.2) is 11.3 Å². The van der Waals surface area contributed by atoms with Crippen molar-refractivity contribution in [2.75, 3.05) is 12.4 Å². The molecule has 0 aliphatic heterocycles. The summed E-state index contributed by atoms with van der Waals surface area (Å²) in [5, 5.41) is 3.28. The Morgan fingerprint density at radius 2 is 1.79 bits per heavy atom. The molecule has 3 heterocycles. The minimum absolute atomic E-state index is 0.111. The van der Waals surface area contributed by atoms with Gasteiger partial charge in [-0.1, -0.05) is 12.1 Å². The van der Waals surface area contributed by atoms with Gasteiger partial charge < -0.3 is 23.8 Å². The molecule has 9 nitrogen and oxygen atoms in total. The number of fused-ring (bicyclic) bond motifs is 1. The van der Waals surface area contributed by atoms with Crippen LogP contribution in [0.5, 0.6) is 17.4 Å². The maximum Gasteiger partial charge on any atom is 0.349 e. The van der Waals surface area contributed by atoms with E-state index in [-0.39, 0.29) is 11.1 Å². The van der Waals surface area contributed by atoms with Crippen molar-refractivity contribution >= 4 is 22.6 Å². The number of nitrogens with zero attached hydrogens (tertiary/aromatic N) is 3. The predicted octanol–water partition coefficient (Wildman–Crippen LogP) is 4.43. The first-order chi connectivity index (χ1) is 16.6. The number of anilines is 1. The minimum Gasteiger partial charge on any atom is -0.493 e. The molecule has 0 fully saturated rings. The number of hydrogen-bond donors (Lipinski definition) is 1. The second-order valence-corrected chi connectivity index (χ2v) is 7.21. The Morgan fingerprint density at radius 3 is 2.56 bits per heavy atom. The van der Waals surface area contributed by atoms with E-state index in [2.05, 4.69) is 15.3 Å². The van der Waals surface area contributed by atoms with Crippen molar-refractivity contribution in [3.63, 3.8) is 0 Å². The molecule has 2 aromatic carbocycles. The highest BCUT2D eigenvalue weighted by Crippen LogP contribution is 2.25. The number of carbonyl (C=O) groups excluding carboxylic acids is 1. The average Bonchev–Trinajstić information content (AvgIpc) is 3.40. The Balaban J connectivity index is 1.31. The van der Waals surface area contributed by atoms with E-state index in [9.17, 15) is 9.59 Å². The van der Waals surface area contributed by atoms with Gasteiger partial charge in [0.25, 0.3) is 5.91 Å². The third-order valence-corrected chi connectivity index (χ3v) is 5.02. The molecular weight excluding hydrogens is 436 g/mol. The predicted molar refractivity (Wildman–Crippen MR) is 125 cm³/mol. The molecule has 0 atom stereocenters. The number of carbonyl (C=O) groups is 1. The molecule has 0 radical (unpaired) electrons. The van der Waals surface area contributed by atoms with E-state index in [1.54, 1.807) is 48.5 Å². The van der Waals surface area contributed by atoms with Gasteiger partial charge >= 0.3 is 5.63 Å². The van der Waals surface area contributed by atoms with Crippen molar-refractivity contribution in [2.24, 2.45) is 0 Å². The Bertz CT molecular complexity index is 1530. The summed E-state index contributed by atoms with van der Waals surface area (Å²) in [6, 6.07) is 18.8. The molecule has 9 heteroatoms. The molecule has 5 rings (SSSR count). The van der Waals surface area contributed by atoms with E-state index in [4.69, 9.17) is 13.9 Å². The van der Waals surface area contributed by atoms with Crippen molar-refractivity contribution in [1.82, 2.24) is 14.5 Å². The van der Waals surface area contributed by atoms with Gasteiger partial charge in [0.05, 0.1) is 7.11 Å². The molecule has 0 saturated heterocycles. The fourth-order valence-corrected chi connectivity index (χ4v) is 3.38. The maximum absolute atomic E-state index is 12.7. The second kappa shape index (κ2) is 8.91. The number of para-hydroxylation sites is 1. The van der Waals surface area contributed by atoms with Gasteiger partial charge in [0, 0.05) is 29.5 Å². The zero-order valence-corrected chi connectivity index (χ0v) is 18.0. The lowest BCUT2D eigenvalue weighted by atomic mass is 10.1. The zero-order chi connectivity index (χ0) is 23.5. The highest BCUT2D eigenvalue weighted by atomic mass is 16.5. The molecule has 0 saturated carbocycles. The van der Waals surface area contributed by atoms with Crippen LogP contribution in [0.2, 0.25) is 0 Å². The molecule has 0 spiro atoms. The lowest BCUT2D eigenvalue weighted by molar-refractivity contribution is 0.102. The van der Waals surface area contributed by atoms with Crippen LogP contribution in [0.25, 0.3) is 16.8 Å². The van der Waals surface area contributed by atoms with Gasteiger partial charge in [-0.2, -0.15) is 0 Å². The molecule has 0 unspecified atom stereocenters. The van der Waals surface area contributed by atoms with Gasteiger partial charge in [-0.05, 0) is 48.5 Å². The third kappa shape index (κ3) is 4.22. The van der Waals surface area contributed by atoms with Gasteiger partial charge in [0.2, 0.25) is 5.88 Å². The molecule has 0 bridgehead atoms. The summed E-state index contributed by atoms with van der Waals surface area (Å²) in [6.07, 6.45) is 5.16. The number of nitrogens with one attached hydrogen (secondary N) is 1. The highest BCUT2D eigenvalue weighted by Gasteiger charge is 2.16. The third-order valence-electron chi connectivity index (χ3n) is 5.02. The van der Waals surface area contributed by atoms with E-state index < -0.39 is 11.5 Å². The fourth-order valence-electron chi connectivity index (χ4n) is 3.38. The smallest absolute Gasteiger partial charge is 0.349 e. The fraction of sp³-hybridized carbons (Fsp3) is 0.0400. The van der Waals surface area contributed by atoms with Crippen molar-refractivity contribution in [2.45, 2.75) is 0 Å². The summed E-state index contributed by atoms with van der Waals surface area (Å²) in [4.78, 5) is 33.4. The quantitative estimate of drug-likeness (QED) is 0.378. The highest BCUT2D eigenvalue weighted by molar-refractivity contribution is 6.05. The first kappa shape index (κ1) is 21.0. The number of amides is 1. The Kier molecular flexibility index (Phi) is 5.49. The Labute approximate surface area is 193 Å². The SMILES string of the molecule is COc1cccc2cc(C(=O)Nc3ccc(Oc4cc(-n5cccc5)ncn4)cc3)c(=O)oc12. The van der Waals surface area contributed by atoms with E-state index in [1.165, 1.54) is 19.5 Å². The number of hydrogen-bond acceptors (Lipinski definition) is 7. The van der Waals surface area contributed by atoms with Crippen molar-refractivity contribution in [1.29, 1.82) is 0 Å². The number of rotatable bonds is 6. The van der Waals surface area contributed by atoms with Gasteiger partial charge in [-0.25, -0.2) is 14.8 Å². The van der Waals surface area contributed by atoms with E-state index >= 15 is 0 Å². The van der Waals surface area contributed by atoms with Crippen molar-refractivity contribution in [3.8, 4) is 23.2 Å². The lowest BCUT2D eigenvalue weighted by Gasteiger charge is -2.09. The van der Waals surface area contributed by atoms with E-state index in [0.29, 0.717) is 34.3 Å². The second-order valence-electron chi connectivity index (χ2n) is 7.21. The lowest BCUT2D eigenvalue weighted by Crippen LogP contribution is -2.20. The summed E-state index contributed by atoms with van der Waals surface area (Å²) in [6.45, 7) is 0. The summed E-state index contributed by atoms with van der Waals surface area (Å²) in [5.74, 6) is 1.40. The van der Waals surface area contributed by atoms with Crippen LogP contribution in [0.1, 0.15) is 10.4 Å². The summed E-state index contributed by atoms with van der Waals surface area (Å²) in [5.41, 5.74) is -0.0905. The van der Waals surface area contributed by atoms with Gasteiger partial charge in [0.1, 0.15) is 23.5 Å². The van der Waals surface area contributed by atoms with E-state index in [0.717, 1.165) is 0 Å². The zero-order valence-electron chi connectivity index (χ0n) is 18.0. The average molecular weight is 454 g/mol. The standard InChI is InChI=1S/C25H18N4O5/c1-32-20-6-4-5-16-13-19(25(31)34-23(16)20)24(30)28-17-7-9-18(10-8-17)33-22-14-21(26-15-27-22)29-11-2-3-12-29/h2-15H,1H3,(H,28,30). The molecule has 0 aliphatic carbocycles. The molecule has 5 aromatic rings. The number of benzene rings is 2. The molecule has 1 amide bonds. The number of ether oxygens (including phenoxy) is 2. The molecular formula is C25H18N4O5. The molecule has 3 aromatic heterocycles. The minimum atomic E-state index is -0.753. The molecule has 1 N–H and O–H groups in total. The van der Waals surface area contributed by atoms with Crippen LogP contribution >= 0.6 is 0 Å².